The van der Waals surface area contributed by atoms with E-state index < -0.39 is 11.0 Å². The van der Waals surface area contributed by atoms with Gasteiger partial charge in [0, 0.05) is 25.0 Å². The van der Waals surface area contributed by atoms with Crippen molar-refractivity contribution in [2.24, 2.45) is 17.1 Å². The standard InChI is InChI=1S/C20H31N3O2/c1-19(2,3)17(24)22-13-15-9-8-12-23(14-15)18(25)20(4,21)16-10-6-5-7-11-16/h5-7,10-11,15H,8-9,12-14,21H2,1-4H3,(H,22,24). The number of carbonyl (C=O) groups excluding carboxylic acids is 2. The van der Waals surface area contributed by atoms with E-state index in [9.17, 15) is 9.59 Å². The van der Waals surface area contributed by atoms with Gasteiger partial charge >= 0.3 is 0 Å². The molecule has 2 atom stereocenters. The molecule has 138 valence electrons. The number of hydrogen-bond donors (Lipinski definition) is 2. The largest absolute Gasteiger partial charge is 0.355 e. The van der Waals surface area contributed by atoms with Crippen molar-refractivity contribution < 1.29 is 9.59 Å². The topological polar surface area (TPSA) is 75.4 Å². The molecule has 0 radical (unpaired) electrons. The summed E-state index contributed by atoms with van der Waals surface area (Å²) in [6.07, 6.45) is 1.95. The minimum Gasteiger partial charge on any atom is -0.355 e. The third-order valence-corrected chi connectivity index (χ3v) is 4.86. The van der Waals surface area contributed by atoms with Gasteiger partial charge in [-0.05, 0) is 31.2 Å². The molecule has 25 heavy (non-hydrogen) atoms. The van der Waals surface area contributed by atoms with E-state index in [1.165, 1.54) is 0 Å². The van der Waals surface area contributed by atoms with E-state index in [2.05, 4.69) is 5.32 Å². The second-order valence-electron chi connectivity index (χ2n) is 8.29. The lowest BCUT2D eigenvalue weighted by Crippen LogP contribution is -2.54. The molecule has 1 aromatic carbocycles. The Kier molecular flexibility index (Phi) is 5.88. The first-order valence-corrected chi connectivity index (χ1v) is 9.04. The van der Waals surface area contributed by atoms with Crippen LogP contribution in [0.15, 0.2) is 30.3 Å². The first-order chi connectivity index (χ1) is 11.6. The lowest BCUT2D eigenvalue weighted by molar-refractivity contribution is -0.138. The normalized spacial score (nSPS) is 20.7. The summed E-state index contributed by atoms with van der Waals surface area (Å²) in [6, 6.07) is 9.49. The van der Waals surface area contributed by atoms with Crippen LogP contribution in [0.3, 0.4) is 0 Å². The maximum absolute atomic E-state index is 13.0. The molecule has 1 saturated heterocycles. The van der Waals surface area contributed by atoms with Gasteiger partial charge < -0.3 is 16.0 Å². The van der Waals surface area contributed by atoms with Crippen LogP contribution < -0.4 is 11.1 Å². The van der Waals surface area contributed by atoms with Gasteiger partial charge in [-0.25, -0.2) is 0 Å². The fourth-order valence-electron chi connectivity index (χ4n) is 3.15. The first-order valence-electron chi connectivity index (χ1n) is 9.04. The average molecular weight is 345 g/mol. The second-order valence-corrected chi connectivity index (χ2v) is 8.29. The molecule has 5 heteroatoms. The van der Waals surface area contributed by atoms with Crippen molar-refractivity contribution in [3.8, 4) is 0 Å². The highest BCUT2D eigenvalue weighted by Crippen LogP contribution is 2.24. The molecular formula is C20H31N3O2. The Labute approximate surface area is 151 Å². The molecule has 1 fully saturated rings. The van der Waals surface area contributed by atoms with Crippen molar-refractivity contribution in [3.05, 3.63) is 35.9 Å². The van der Waals surface area contributed by atoms with Crippen LogP contribution in [-0.2, 0) is 15.1 Å². The van der Waals surface area contributed by atoms with Crippen LogP contribution in [0.5, 0.6) is 0 Å². The third-order valence-electron chi connectivity index (χ3n) is 4.86. The van der Waals surface area contributed by atoms with Gasteiger partial charge in [0.25, 0.3) is 0 Å². The number of benzene rings is 1. The summed E-state index contributed by atoms with van der Waals surface area (Å²) in [5.74, 6) is 0.269. The molecule has 5 nitrogen and oxygen atoms in total. The number of amides is 2. The number of hydrogen-bond acceptors (Lipinski definition) is 3. The van der Waals surface area contributed by atoms with Gasteiger partial charge in [0.15, 0.2) is 0 Å². The molecule has 0 saturated carbocycles. The molecule has 2 unspecified atom stereocenters. The Bertz CT molecular complexity index is 605. The summed E-state index contributed by atoms with van der Waals surface area (Å²) in [6.45, 7) is 9.45. The zero-order valence-electron chi connectivity index (χ0n) is 15.8. The Morgan fingerprint density at radius 1 is 1.20 bits per heavy atom. The number of nitrogens with zero attached hydrogens (tertiary/aromatic N) is 1. The van der Waals surface area contributed by atoms with Crippen LogP contribution in [0.2, 0.25) is 0 Å². The van der Waals surface area contributed by atoms with Gasteiger partial charge in [0.2, 0.25) is 11.8 Å². The smallest absolute Gasteiger partial charge is 0.246 e. The Morgan fingerprint density at radius 3 is 2.44 bits per heavy atom. The highest BCUT2D eigenvalue weighted by Gasteiger charge is 2.36. The molecule has 3 N–H and O–H groups in total. The van der Waals surface area contributed by atoms with Gasteiger partial charge in [0.1, 0.15) is 5.54 Å². The van der Waals surface area contributed by atoms with E-state index in [0.717, 1.165) is 24.9 Å². The van der Waals surface area contributed by atoms with Crippen LogP contribution in [0.4, 0.5) is 0 Å². The highest BCUT2D eigenvalue weighted by molar-refractivity contribution is 5.87. The van der Waals surface area contributed by atoms with Gasteiger partial charge in [0.05, 0.1) is 0 Å². The Morgan fingerprint density at radius 2 is 1.84 bits per heavy atom. The molecule has 0 spiro atoms. The van der Waals surface area contributed by atoms with Crippen LogP contribution >= 0.6 is 0 Å². The molecule has 1 aromatic rings. The number of piperidine rings is 1. The number of rotatable bonds is 4. The third kappa shape index (κ3) is 4.82. The Hall–Kier alpha value is -1.88. The van der Waals surface area contributed by atoms with E-state index in [1.807, 2.05) is 56.0 Å². The molecular weight excluding hydrogens is 314 g/mol. The fraction of sp³-hybridized carbons (Fsp3) is 0.600. The summed E-state index contributed by atoms with van der Waals surface area (Å²) in [5, 5.41) is 3.01. The fourth-order valence-corrected chi connectivity index (χ4v) is 3.15. The van der Waals surface area contributed by atoms with Gasteiger partial charge in [-0.1, -0.05) is 51.1 Å². The summed E-state index contributed by atoms with van der Waals surface area (Å²) < 4.78 is 0. The molecule has 2 rings (SSSR count). The second kappa shape index (κ2) is 7.56. The molecule has 1 heterocycles. The van der Waals surface area contributed by atoms with E-state index >= 15 is 0 Å². The summed E-state index contributed by atoms with van der Waals surface area (Å²) in [7, 11) is 0. The summed E-state index contributed by atoms with van der Waals surface area (Å²) >= 11 is 0. The number of nitrogens with one attached hydrogen (secondary N) is 1. The predicted molar refractivity (Wildman–Crippen MR) is 99.8 cm³/mol. The Balaban J connectivity index is 1.98. The van der Waals surface area contributed by atoms with Gasteiger partial charge in [-0.3, -0.25) is 9.59 Å². The average Bonchev–Trinajstić information content (AvgIpc) is 2.59. The lowest BCUT2D eigenvalue weighted by atomic mass is 9.89. The van der Waals surface area contributed by atoms with Gasteiger partial charge in [-0.2, -0.15) is 0 Å². The number of nitrogens with two attached hydrogens (primary N) is 1. The number of carbonyl (C=O) groups is 2. The quantitative estimate of drug-likeness (QED) is 0.879. The minimum absolute atomic E-state index is 0.0453. The van der Waals surface area contributed by atoms with Crippen molar-refractivity contribution in [1.82, 2.24) is 10.2 Å². The van der Waals surface area contributed by atoms with E-state index in [-0.39, 0.29) is 17.7 Å². The maximum Gasteiger partial charge on any atom is 0.246 e. The highest BCUT2D eigenvalue weighted by atomic mass is 16.2. The van der Waals surface area contributed by atoms with Crippen molar-refractivity contribution in [3.63, 3.8) is 0 Å². The van der Waals surface area contributed by atoms with Crippen LogP contribution in [0, 0.1) is 11.3 Å². The van der Waals surface area contributed by atoms with E-state index in [0.29, 0.717) is 13.1 Å². The van der Waals surface area contributed by atoms with Crippen molar-refractivity contribution in [2.75, 3.05) is 19.6 Å². The van der Waals surface area contributed by atoms with Crippen molar-refractivity contribution in [1.29, 1.82) is 0 Å². The predicted octanol–water partition coefficient (Wildman–Crippen LogP) is 2.26. The number of likely N-dealkylation sites (tertiary alicyclic amines) is 1. The molecule has 2 amide bonds. The first kappa shape index (κ1) is 19.4. The van der Waals surface area contributed by atoms with E-state index in [1.54, 1.807) is 6.92 Å². The minimum atomic E-state index is -1.03. The van der Waals surface area contributed by atoms with Crippen molar-refractivity contribution in [2.45, 2.75) is 46.1 Å². The van der Waals surface area contributed by atoms with Crippen molar-refractivity contribution >= 4 is 11.8 Å². The zero-order valence-corrected chi connectivity index (χ0v) is 15.8. The molecule has 0 aliphatic carbocycles. The SMILES string of the molecule is CC(C)(C)C(=O)NCC1CCCN(C(=O)C(C)(N)c2ccccc2)C1. The molecule has 1 aliphatic heterocycles. The van der Waals surface area contributed by atoms with Crippen LogP contribution in [0.1, 0.15) is 46.1 Å². The van der Waals surface area contributed by atoms with E-state index in [4.69, 9.17) is 5.73 Å². The van der Waals surface area contributed by atoms with Crippen LogP contribution in [-0.4, -0.2) is 36.3 Å². The molecule has 1 aliphatic rings. The molecule has 0 bridgehead atoms. The van der Waals surface area contributed by atoms with Crippen LogP contribution in [0.25, 0.3) is 0 Å². The maximum atomic E-state index is 13.0. The summed E-state index contributed by atoms with van der Waals surface area (Å²) in [5.41, 5.74) is 5.77. The van der Waals surface area contributed by atoms with Gasteiger partial charge in [-0.15, -0.1) is 0 Å². The lowest BCUT2D eigenvalue weighted by Gasteiger charge is -2.38. The molecule has 0 aromatic heterocycles. The monoisotopic (exact) mass is 345 g/mol. The summed E-state index contributed by atoms with van der Waals surface area (Å²) in [4.78, 5) is 26.9. The zero-order chi connectivity index (χ0) is 18.7.